The summed E-state index contributed by atoms with van der Waals surface area (Å²) in [5, 5.41) is 0.752. The summed E-state index contributed by atoms with van der Waals surface area (Å²) in [4.78, 5) is 0. The van der Waals surface area contributed by atoms with Crippen LogP contribution in [-0.4, -0.2) is 6.61 Å². The van der Waals surface area contributed by atoms with E-state index < -0.39 is 0 Å². The molecular formula is C14H12Br2ClNOS. The van der Waals surface area contributed by atoms with Gasteiger partial charge in [0.2, 0.25) is 0 Å². The number of benzene rings is 1. The zero-order chi connectivity index (χ0) is 14.3. The van der Waals surface area contributed by atoms with Crippen LogP contribution in [0.3, 0.4) is 0 Å². The Bertz CT molecular complexity index is 659. The summed E-state index contributed by atoms with van der Waals surface area (Å²) in [6.07, 6.45) is 1.64. The van der Waals surface area contributed by atoms with E-state index in [-0.39, 0.29) is 6.04 Å². The standard InChI is InChI=1S/C14H12Br2ClNOS/c15-12-6-10(14(16)20-12)11(18)5-8-4-9(17)3-7-1-2-19-13(7)8/h3-4,6,11H,1-2,5,18H2. The molecule has 1 atom stereocenters. The molecule has 2 heterocycles. The second-order valence-electron chi connectivity index (χ2n) is 4.74. The third-order valence-corrected chi connectivity index (χ3v) is 5.95. The van der Waals surface area contributed by atoms with Gasteiger partial charge in [-0.3, -0.25) is 0 Å². The minimum atomic E-state index is -0.0845. The maximum absolute atomic E-state index is 6.34. The third kappa shape index (κ3) is 2.92. The van der Waals surface area contributed by atoms with Gasteiger partial charge in [0.25, 0.3) is 0 Å². The van der Waals surface area contributed by atoms with E-state index in [1.165, 1.54) is 5.56 Å². The Morgan fingerprint density at radius 3 is 2.85 bits per heavy atom. The van der Waals surface area contributed by atoms with Crippen LogP contribution >= 0.6 is 54.8 Å². The van der Waals surface area contributed by atoms with Crippen LogP contribution in [0.1, 0.15) is 22.7 Å². The Morgan fingerprint density at radius 2 is 2.15 bits per heavy atom. The number of halogens is 3. The van der Waals surface area contributed by atoms with Gasteiger partial charge < -0.3 is 10.5 Å². The Labute approximate surface area is 143 Å². The summed E-state index contributed by atoms with van der Waals surface area (Å²) in [7, 11) is 0. The van der Waals surface area contributed by atoms with Gasteiger partial charge >= 0.3 is 0 Å². The molecule has 1 aliphatic heterocycles. The molecule has 3 rings (SSSR count). The fraction of sp³-hybridized carbons (Fsp3) is 0.286. The van der Waals surface area contributed by atoms with Crippen LogP contribution < -0.4 is 10.5 Å². The number of rotatable bonds is 3. The molecule has 2 nitrogen and oxygen atoms in total. The third-order valence-electron chi connectivity index (χ3n) is 3.35. The van der Waals surface area contributed by atoms with Crippen LogP contribution in [0.5, 0.6) is 5.75 Å². The van der Waals surface area contributed by atoms with Gasteiger partial charge in [-0.15, -0.1) is 11.3 Å². The lowest BCUT2D eigenvalue weighted by molar-refractivity contribution is 0.352. The average molecular weight is 438 g/mol. The van der Waals surface area contributed by atoms with Gasteiger partial charge in [-0.05, 0) is 73.2 Å². The van der Waals surface area contributed by atoms with E-state index in [4.69, 9.17) is 22.1 Å². The minimum absolute atomic E-state index is 0.0845. The molecule has 0 fully saturated rings. The number of nitrogens with two attached hydrogens (primary N) is 1. The van der Waals surface area contributed by atoms with Crippen LogP contribution in [-0.2, 0) is 12.8 Å². The van der Waals surface area contributed by atoms with Crippen molar-refractivity contribution >= 4 is 54.8 Å². The van der Waals surface area contributed by atoms with Gasteiger partial charge in [-0.1, -0.05) is 11.6 Å². The highest BCUT2D eigenvalue weighted by Gasteiger charge is 2.21. The Hall–Kier alpha value is -0.0700. The molecule has 0 amide bonds. The average Bonchev–Trinajstić information content (AvgIpc) is 2.95. The molecule has 2 aromatic rings. The van der Waals surface area contributed by atoms with E-state index in [0.717, 1.165) is 42.5 Å². The molecule has 20 heavy (non-hydrogen) atoms. The van der Waals surface area contributed by atoms with E-state index >= 15 is 0 Å². The molecule has 0 aliphatic carbocycles. The molecule has 0 spiro atoms. The molecule has 1 aromatic carbocycles. The first-order valence-electron chi connectivity index (χ1n) is 6.19. The van der Waals surface area contributed by atoms with Crippen LogP contribution in [0, 0.1) is 0 Å². The summed E-state index contributed by atoms with van der Waals surface area (Å²) in [5.74, 6) is 0.968. The van der Waals surface area contributed by atoms with Crippen molar-refractivity contribution in [3.63, 3.8) is 0 Å². The quantitative estimate of drug-likeness (QED) is 0.725. The minimum Gasteiger partial charge on any atom is -0.493 e. The number of ether oxygens (including phenoxy) is 1. The highest BCUT2D eigenvalue weighted by atomic mass is 79.9. The van der Waals surface area contributed by atoms with Gasteiger partial charge in [0, 0.05) is 17.5 Å². The van der Waals surface area contributed by atoms with Crippen molar-refractivity contribution < 1.29 is 4.74 Å². The summed E-state index contributed by atoms with van der Waals surface area (Å²) >= 11 is 14.9. The fourth-order valence-electron chi connectivity index (χ4n) is 2.45. The van der Waals surface area contributed by atoms with Crippen molar-refractivity contribution in [1.29, 1.82) is 0 Å². The molecule has 0 saturated carbocycles. The second kappa shape index (κ2) is 5.97. The Balaban J connectivity index is 1.90. The highest BCUT2D eigenvalue weighted by Crippen LogP contribution is 2.38. The van der Waals surface area contributed by atoms with Gasteiger partial charge in [-0.25, -0.2) is 0 Å². The maximum Gasteiger partial charge on any atom is 0.125 e. The Kier molecular flexibility index (Phi) is 4.43. The summed E-state index contributed by atoms with van der Waals surface area (Å²) in [6.45, 7) is 0.728. The zero-order valence-corrected chi connectivity index (χ0v) is 15.2. The lowest BCUT2D eigenvalue weighted by atomic mass is 9.99. The molecule has 0 radical (unpaired) electrons. The predicted molar refractivity (Wildman–Crippen MR) is 91.0 cm³/mol. The smallest absolute Gasteiger partial charge is 0.125 e. The van der Waals surface area contributed by atoms with Crippen LogP contribution in [0.4, 0.5) is 0 Å². The molecule has 1 aliphatic rings. The van der Waals surface area contributed by atoms with Crippen molar-refractivity contribution in [3.8, 4) is 5.75 Å². The molecule has 1 aromatic heterocycles. The molecule has 1 unspecified atom stereocenters. The van der Waals surface area contributed by atoms with E-state index in [9.17, 15) is 0 Å². The molecule has 0 bridgehead atoms. The lowest BCUT2D eigenvalue weighted by Crippen LogP contribution is -2.13. The normalized spacial score (nSPS) is 15.0. The van der Waals surface area contributed by atoms with Crippen molar-refractivity contribution in [1.82, 2.24) is 0 Å². The number of hydrogen-bond donors (Lipinski definition) is 1. The lowest BCUT2D eigenvalue weighted by Gasteiger charge is -2.14. The number of fused-ring (bicyclic) bond motifs is 1. The van der Waals surface area contributed by atoms with Crippen molar-refractivity contribution in [3.05, 3.63) is 47.5 Å². The Morgan fingerprint density at radius 1 is 1.35 bits per heavy atom. The van der Waals surface area contributed by atoms with E-state index in [1.54, 1.807) is 11.3 Å². The van der Waals surface area contributed by atoms with Gasteiger partial charge in [0.15, 0.2) is 0 Å². The molecule has 6 heteroatoms. The van der Waals surface area contributed by atoms with Gasteiger partial charge in [0.05, 0.1) is 14.2 Å². The van der Waals surface area contributed by atoms with Crippen molar-refractivity contribution in [2.75, 3.05) is 6.61 Å². The van der Waals surface area contributed by atoms with Crippen LogP contribution in [0.25, 0.3) is 0 Å². The number of thiophene rings is 1. The first-order chi connectivity index (χ1) is 9.54. The van der Waals surface area contributed by atoms with Crippen LogP contribution in [0.15, 0.2) is 25.8 Å². The molecule has 106 valence electrons. The first-order valence-corrected chi connectivity index (χ1v) is 8.97. The van der Waals surface area contributed by atoms with Gasteiger partial charge in [-0.2, -0.15) is 0 Å². The zero-order valence-electron chi connectivity index (χ0n) is 10.5. The van der Waals surface area contributed by atoms with E-state index in [1.807, 2.05) is 12.1 Å². The van der Waals surface area contributed by atoms with Crippen molar-refractivity contribution in [2.24, 2.45) is 5.73 Å². The maximum atomic E-state index is 6.34. The van der Waals surface area contributed by atoms with Crippen molar-refractivity contribution in [2.45, 2.75) is 18.9 Å². The summed E-state index contributed by atoms with van der Waals surface area (Å²) in [6, 6.07) is 5.92. The van der Waals surface area contributed by atoms with E-state index in [0.29, 0.717) is 6.42 Å². The summed E-state index contributed by atoms with van der Waals surface area (Å²) < 4.78 is 7.86. The number of hydrogen-bond acceptors (Lipinski definition) is 3. The fourth-order valence-corrected chi connectivity index (χ4v) is 5.71. The van der Waals surface area contributed by atoms with Crippen LogP contribution in [0.2, 0.25) is 5.02 Å². The summed E-state index contributed by atoms with van der Waals surface area (Å²) in [5.41, 5.74) is 9.72. The molecular weight excluding hydrogens is 425 g/mol. The largest absolute Gasteiger partial charge is 0.493 e. The first kappa shape index (κ1) is 14.9. The molecule has 2 N–H and O–H groups in total. The monoisotopic (exact) mass is 435 g/mol. The van der Waals surface area contributed by atoms with Gasteiger partial charge in [0.1, 0.15) is 5.75 Å². The second-order valence-corrected chi connectivity index (χ2v) is 8.93. The molecule has 0 saturated heterocycles. The topological polar surface area (TPSA) is 35.2 Å². The SMILES string of the molecule is NC(Cc1cc(Cl)cc2c1OCC2)c1cc(Br)sc1Br. The van der Waals surface area contributed by atoms with E-state index in [2.05, 4.69) is 37.9 Å². The highest BCUT2D eigenvalue weighted by molar-refractivity contribution is 9.12. The predicted octanol–water partition coefficient (Wildman–Crippen LogP) is 5.10.